The maximum absolute atomic E-state index is 13.4. The Morgan fingerprint density at radius 3 is 2.49 bits per heavy atom. The number of sulfonamides is 1. The molecule has 4 aromatic rings. The topological polar surface area (TPSA) is 107 Å². The van der Waals surface area contributed by atoms with Crippen LogP contribution in [-0.2, 0) is 26.0 Å². The van der Waals surface area contributed by atoms with Crippen LogP contribution in [0.25, 0.3) is 17.1 Å². The number of hydrogen-bond acceptors (Lipinski definition) is 8. The first-order valence-electron chi connectivity index (χ1n) is 14.0. The molecule has 10 nitrogen and oxygen atoms in total. The lowest BCUT2D eigenvalue weighted by atomic mass is 10.1. The smallest absolute Gasteiger partial charge is 0.406 e. The predicted octanol–water partition coefficient (Wildman–Crippen LogP) is 4.92. The summed E-state index contributed by atoms with van der Waals surface area (Å²) < 4.78 is 77.4. The number of aromatic nitrogens is 3. The lowest BCUT2D eigenvalue weighted by Gasteiger charge is -2.26. The average Bonchev–Trinajstić information content (AvgIpc) is 3.60. The van der Waals surface area contributed by atoms with Gasteiger partial charge in [-0.15, -0.1) is 23.4 Å². The molecule has 0 saturated carbocycles. The summed E-state index contributed by atoms with van der Waals surface area (Å²) >= 11 is 1.12. The number of amides is 1. The minimum atomic E-state index is -4.86. The van der Waals surface area contributed by atoms with E-state index in [2.05, 4.69) is 14.9 Å². The Balaban J connectivity index is 1.34. The molecule has 0 unspecified atom stereocenters. The zero-order valence-electron chi connectivity index (χ0n) is 24.0. The Kier molecular flexibility index (Phi) is 8.61. The van der Waals surface area contributed by atoms with Crippen molar-refractivity contribution in [2.24, 2.45) is 0 Å². The van der Waals surface area contributed by atoms with E-state index in [0.717, 1.165) is 41.6 Å². The van der Waals surface area contributed by atoms with Crippen LogP contribution >= 0.6 is 11.8 Å². The van der Waals surface area contributed by atoms with E-state index in [1.54, 1.807) is 21.6 Å². The van der Waals surface area contributed by atoms with Gasteiger partial charge in [0.25, 0.3) is 0 Å². The van der Waals surface area contributed by atoms with Crippen molar-refractivity contribution in [1.29, 1.82) is 0 Å². The van der Waals surface area contributed by atoms with Gasteiger partial charge < -0.3 is 14.4 Å². The molecule has 0 aliphatic carbocycles. The van der Waals surface area contributed by atoms with E-state index < -0.39 is 22.1 Å². The van der Waals surface area contributed by atoms with Gasteiger partial charge in [0.15, 0.2) is 11.0 Å². The summed E-state index contributed by atoms with van der Waals surface area (Å²) in [5.41, 5.74) is 2.74. The third-order valence-corrected chi connectivity index (χ3v) is 10.3. The SMILES string of the molecule is C[C@@H]1Cc2ccccc2N1C(=O)CSc1nnc(-c2cccc(S(=O)(=O)N3CCOCC3)c2)n1-c1ccc(OC(F)(F)F)cc1. The zero-order chi connectivity index (χ0) is 31.8. The highest BCUT2D eigenvalue weighted by Gasteiger charge is 2.33. The first-order chi connectivity index (χ1) is 21.5. The first kappa shape index (κ1) is 31.1. The molecular formula is C30H28F3N5O5S2. The monoisotopic (exact) mass is 659 g/mol. The normalized spacial score (nSPS) is 17.3. The lowest BCUT2D eigenvalue weighted by Crippen LogP contribution is -2.40. The number of carbonyl (C=O) groups is 1. The highest BCUT2D eigenvalue weighted by Crippen LogP contribution is 2.35. The number of carbonyl (C=O) groups excluding carboxylic acids is 1. The maximum Gasteiger partial charge on any atom is 0.573 e. The van der Waals surface area contributed by atoms with Crippen LogP contribution in [0, 0.1) is 0 Å². The van der Waals surface area contributed by atoms with Gasteiger partial charge in [-0.2, -0.15) is 4.31 Å². The fourth-order valence-electron chi connectivity index (χ4n) is 5.45. The molecule has 1 atom stereocenters. The second kappa shape index (κ2) is 12.5. The Morgan fingerprint density at radius 2 is 1.76 bits per heavy atom. The van der Waals surface area contributed by atoms with Crippen molar-refractivity contribution < 1.29 is 35.9 Å². The van der Waals surface area contributed by atoms with Crippen LogP contribution in [0.15, 0.2) is 82.8 Å². The van der Waals surface area contributed by atoms with E-state index in [4.69, 9.17) is 4.74 Å². The summed E-state index contributed by atoms with van der Waals surface area (Å²) in [7, 11) is -3.83. The molecule has 1 fully saturated rings. The van der Waals surface area contributed by atoms with Crippen LogP contribution in [0.5, 0.6) is 5.75 Å². The molecule has 2 aliphatic rings. The van der Waals surface area contributed by atoms with E-state index in [1.807, 2.05) is 31.2 Å². The van der Waals surface area contributed by atoms with E-state index in [9.17, 15) is 26.4 Å². The van der Waals surface area contributed by atoms with Crippen molar-refractivity contribution in [3.63, 3.8) is 0 Å². The van der Waals surface area contributed by atoms with Crippen molar-refractivity contribution in [3.8, 4) is 22.8 Å². The molecule has 15 heteroatoms. The van der Waals surface area contributed by atoms with E-state index in [1.165, 1.54) is 28.6 Å². The Morgan fingerprint density at radius 1 is 1.02 bits per heavy atom. The van der Waals surface area contributed by atoms with E-state index in [0.29, 0.717) is 29.6 Å². The molecule has 6 rings (SSSR count). The molecule has 2 aliphatic heterocycles. The van der Waals surface area contributed by atoms with Gasteiger partial charge in [0, 0.05) is 36.1 Å². The van der Waals surface area contributed by atoms with Gasteiger partial charge in [-0.1, -0.05) is 42.1 Å². The number of para-hydroxylation sites is 1. The number of hydrogen-bond donors (Lipinski definition) is 0. The van der Waals surface area contributed by atoms with Crippen LogP contribution in [0.3, 0.4) is 0 Å². The van der Waals surface area contributed by atoms with Crippen molar-refractivity contribution in [2.75, 3.05) is 37.0 Å². The molecule has 0 bridgehead atoms. The minimum absolute atomic E-state index is 0.0114. The second-order valence-corrected chi connectivity index (χ2v) is 13.3. The van der Waals surface area contributed by atoms with Gasteiger partial charge in [-0.05, 0) is 61.4 Å². The van der Waals surface area contributed by atoms with Crippen LogP contribution in [0.2, 0.25) is 0 Å². The zero-order valence-corrected chi connectivity index (χ0v) is 25.6. The van der Waals surface area contributed by atoms with Gasteiger partial charge in [0.05, 0.1) is 23.9 Å². The molecular weight excluding hydrogens is 631 g/mol. The molecule has 236 valence electrons. The van der Waals surface area contributed by atoms with Gasteiger partial charge in [-0.25, -0.2) is 8.42 Å². The van der Waals surface area contributed by atoms with Crippen molar-refractivity contribution in [1.82, 2.24) is 19.1 Å². The summed E-state index contributed by atoms with van der Waals surface area (Å²) in [6, 6.07) is 19.1. The van der Waals surface area contributed by atoms with Crippen molar-refractivity contribution in [2.45, 2.75) is 35.8 Å². The molecule has 3 aromatic carbocycles. The van der Waals surface area contributed by atoms with Gasteiger partial charge in [0.1, 0.15) is 5.75 Å². The number of fused-ring (bicyclic) bond motifs is 1. The molecule has 1 saturated heterocycles. The highest BCUT2D eigenvalue weighted by atomic mass is 32.2. The number of nitrogens with zero attached hydrogens (tertiary/aromatic N) is 5. The number of rotatable bonds is 8. The molecule has 0 N–H and O–H groups in total. The number of halogens is 3. The third-order valence-electron chi connectivity index (χ3n) is 7.46. The molecule has 45 heavy (non-hydrogen) atoms. The predicted molar refractivity (Wildman–Crippen MR) is 161 cm³/mol. The number of thioether (sulfide) groups is 1. The second-order valence-electron chi connectivity index (χ2n) is 10.5. The van der Waals surface area contributed by atoms with Crippen molar-refractivity contribution in [3.05, 3.63) is 78.4 Å². The first-order valence-corrected chi connectivity index (χ1v) is 16.5. The van der Waals surface area contributed by atoms with E-state index >= 15 is 0 Å². The van der Waals surface area contributed by atoms with Crippen LogP contribution < -0.4 is 9.64 Å². The van der Waals surface area contributed by atoms with Gasteiger partial charge in [0.2, 0.25) is 15.9 Å². The number of ether oxygens (including phenoxy) is 2. The standard InChI is InChI=1S/C30H28F3N5O5S2/c1-20-17-21-5-2-3-8-26(21)37(20)27(39)19-44-29-35-34-28(38(29)23-9-11-24(12-10-23)43-30(31,32)33)22-6-4-7-25(18-22)45(40,41)36-13-15-42-16-14-36/h2-12,18,20H,13-17,19H2,1H3/t20-/m1/s1. The number of anilines is 1. The molecule has 1 aromatic heterocycles. The third kappa shape index (κ3) is 6.57. The van der Waals surface area contributed by atoms with E-state index in [-0.39, 0.29) is 41.5 Å². The van der Waals surface area contributed by atoms with Gasteiger partial charge in [-0.3, -0.25) is 9.36 Å². The molecule has 0 spiro atoms. The Bertz CT molecular complexity index is 1810. The molecule has 1 amide bonds. The van der Waals surface area contributed by atoms with Gasteiger partial charge >= 0.3 is 6.36 Å². The fourth-order valence-corrected chi connectivity index (χ4v) is 7.72. The summed E-state index contributed by atoms with van der Waals surface area (Å²) in [5.74, 6) is -0.294. The Labute approximate surface area is 261 Å². The quantitative estimate of drug-likeness (QED) is 0.246. The fraction of sp³-hybridized carbons (Fsp3) is 0.300. The van der Waals surface area contributed by atoms with Crippen LogP contribution in [0.1, 0.15) is 12.5 Å². The van der Waals surface area contributed by atoms with Crippen LogP contribution in [-0.4, -0.2) is 77.9 Å². The number of benzene rings is 3. The molecule has 3 heterocycles. The number of alkyl halides is 3. The summed E-state index contributed by atoms with van der Waals surface area (Å²) in [4.78, 5) is 15.3. The summed E-state index contributed by atoms with van der Waals surface area (Å²) in [6.07, 6.45) is -4.12. The lowest BCUT2D eigenvalue weighted by molar-refractivity contribution is -0.274. The summed E-state index contributed by atoms with van der Waals surface area (Å²) in [6.45, 7) is 3.02. The van der Waals surface area contributed by atoms with Crippen molar-refractivity contribution >= 4 is 33.4 Å². The number of morpholine rings is 1. The molecule has 0 radical (unpaired) electrons. The average molecular weight is 660 g/mol. The largest absolute Gasteiger partial charge is 0.573 e. The Hall–Kier alpha value is -3.92. The summed E-state index contributed by atoms with van der Waals surface area (Å²) in [5, 5.41) is 8.94. The van der Waals surface area contributed by atoms with Crippen LogP contribution in [0.4, 0.5) is 18.9 Å². The minimum Gasteiger partial charge on any atom is -0.406 e. The maximum atomic E-state index is 13.4. The highest BCUT2D eigenvalue weighted by molar-refractivity contribution is 7.99.